The zero-order valence-corrected chi connectivity index (χ0v) is 26.5. The fourth-order valence-corrected chi connectivity index (χ4v) is 5.92. The summed E-state index contributed by atoms with van der Waals surface area (Å²) in [7, 11) is 1.58. The van der Waals surface area contributed by atoms with Crippen molar-refractivity contribution in [3.05, 3.63) is 121 Å². The second-order valence-corrected chi connectivity index (χ2v) is 11.4. The number of nitrogens with one attached hydrogen (secondary N) is 1. The molecule has 0 bridgehead atoms. The lowest BCUT2D eigenvalue weighted by molar-refractivity contribution is -0.122. The van der Waals surface area contributed by atoms with Crippen molar-refractivity contribution in [1.29, 1.82) is 0 Å². The lowest BCUT2D eigenvalue weighted by Gasteiger charge is -2.26. The number of urea groups is 1. The standard InChI is InChI=1S/C32H23Br2ClN2O6/c1-41-28-15-20(10-11-27(28)42-17-19-6-3-2-4-7-19)18-43-29-25(33)13-21(14-26(29)34)12-24-30(38)36-32(40)37(31(24)39)23-9-5-8-22(35)16-23/h2-16H,17-18H2,1H3,(H,36,38,40)/b24-12+. The zero-order valence-electron chi connectivity index (χ0n) is 22.6. The zero-order chi connectivity index (χ0) is 30.5. The molecule has 4 aromatic carbocycles. The van der Waals surface area contributed by atoms with E-state index in [0.29, 0.717) is 43.4 Å². The fourth-order valence-electron chi connectivity index (χ4n) is 4.29. The van der Waals surface area contributed by atoms with Crippen LogP contribution in [0.25, 0.3) is 6.08 Å². The number of halogens is 3. The number of benzene rings is 4. The molecule has 0 aliphatic carbocycles. The van der Waals surface area contributed by atoms with Gasteiger partial charge >= 0.3 is 6.03 Å². The van der Waals surface area contributed by atoms with Crippen LogP contribution in [0.1, 0.15) is 16.7 Å². The number of amides is 4. The van der Waals surface area contributed by atoms with Gasteiger partial charge in [-0.25, -0.2) is 9.69 Å². The summed E-state index contributed by atoms with van der Waals surface area (Å²) in [5.41, 5.74) is 2.45. The third-order valence-electron chi connectivity index (χ3n) is 6.35. The van der Waals surface area contributed by atoms with Crippen LogP contribution in [0.2, 0.25) is 5.02 Å². The molecular weight excluding hydrogens is 704 g/mol. The number of ether oxygens (including phenoxy) is 3. The van der Waals surface area contributed by atoms with Crippen LogP contribution in [0.5, 0.6) is 17.2 Å². The van der Waals surface area contributed by atoms with E-state index in [1.165, 1.54) is 12.1 Å². The minimum absolute atomic E-state index is 0.214. The van der Waals surface area contributed by atoms with Crippen molar-refractivity contribution in [2.24, 2.45) is 0 Å². The van der Waals surface area contributed by atoms with Gasteiger partial charge in [0, 0.05) is 5.02 Å². The van der Waals surface area contributed by atoms with Crippen LogP contribution >= 0.6 is 43.5 Å². The van der Waals surface area contributed by atoms with E-state index in [1.54, 1.807) is 37.4 Å². The average molecular weight is 727 g/mol. The van der Waals surface area contributed by atoms with Crippen molar-refractivity contribution in [2.45, 2.75) is 13.2 Å². The number of carbonyl (C=O) groups is 3. The van der Waals surface area contributed by atoms with Gasteiger partial charge in [0.25, 0.3) is 11.8 Å². The predicted molar refractivity (Wildman–Crippen MR) is 170 cm³/mol. The first-order chi connectivity index (χ1) is 20.7. The Morgan fingerprint density at radius 3 is 2.23 bits per heavy atom. The lowest BCUT2D eigenvalue weighted by Crippen LogP contribution is -2.54. The van der Waals surface area contributed by atoms with E-state index < -0.39 is 17.8 Å². The van der Waals surface area contributed by atoms with E-state index in [2.05, 4.69) is 37.2 Å². The molecule has 0 spiro atoms. The van der Waals surface area contributed by atoms with Gasteiger partial charge in [0.05, 0.1) is 21.7 Å². The summed E-state index contributed by atoms with van der Waals surface area (Å²) in [5, 5.41) is 2.55. The van der Waals surface area contributed by atoms with Gasteiger partial charge < -0.3 is 14.2 Å². The predicted octanol–water partition coefficient (Wildman–Crippen LogP) is 7.70. The van der Waals surface area contributed by atoms with Crippen molar-refractivity contribution < 1.29 is 28.6 Å². The number of barbiturate groups is 1. The Labute approximate surface area is 269 Å². The monoisotopic (exact) mass is 724 g/mol. The highest BCUT2D eigenvalue weighted by Gasteiger charge is 2.37. The van der Waals surface area contributed by atoms with Crippen LogP contribution in [0.4, 0.5) is 10.5 Å². The van der Waals surface area contributed by atoms with Crippen LogP contribution in [-0.4, -0.2) is 25.0 Å². The van der Waals surface area contributed by atoms with E-state index in [9.17, 15) is 14.4 Å². The molecule has 0 atom stereocenters. The van der Waals surface area contributed by atoms with E-state index in [4.69, 9.17) is 25.8 Å². The Morgan fingerprint density at radius 2 is 1.53 bits per heavy atom. The second-order valence-electron chi connectivity index (χ2n) is 9.30. The average Bonchev–Trinajstić information content (AvgIpc) is 2.98. The molecule has 1 N–H and O–H groups in total. The third-order valence-corrected chi connectivity index (χ3v) is 7.76. The maximum Gasteiger partial charge on any atom is 0.335 e. The molecule has 11 heteroatoms. The summed E-state index contributed by atoms with van der Waals surface area (Å²) >= 11 is 13.1. The van der Waals surface area contributed by atoms with Gasteiger partial charge in [-0.15, -0.1) is 0 Å². The van der Waals surface area contributed by atoms with Crippen LogP contribution in [0, 0.1) is 0 Å². The number of nitrogens with zero attached hydrogens (tertiary/aromatic N) is 1. The molecular formula is C32H23Br2ClN2O6. The third kappa shape index (κ3) is 7.10. The van der Waals surface area contributed by atoms with Crippen LogP contribution < -0.4 is 24.4 Å². The highest BCUT2D eigenvalue weighted by molar-refractivity contribution is 9.11. The molecule has 4 aromatic rings. The number of rotatable bonds is 9. The molecule has 43 heavy (non-hydrogen) atoms. The molecule has 1 fully saturated rings. The Morgan fingerprint density at radius 1 is 0.814 bits per heavy atom. The summed E-state index contributed by atoms with van der Waals surface area (Å²) in [4.78, 5) is 39.2. The summed E-state index contributed by atoms with van der Waals surface area (Å²) < 4.78 is 18.7. The van der Waals surface area contributed by atoms with Gasteiger partial charge in [0.15, 0.2) is 11.5 Å². The van der Waals surface area contributed by atoms with Gasteiger partial charge in [-0.05, 0) is 97.1 Å². The molecule has 0 aromatic heterocycles. The number of imide groups is 2. The molecule has 5 rings (SSSR count). The molecule has 0 saturated carbocycles. The van der Waals surface area contributed by atoms with E-state index in [-0.39, 0.29) is 17.9 Å². The lowest BCUT2D eigenvalue weighted by atomic mass is 10.1. The Bertz CT molecular complexity index is 1720. The molecule has 1 saturated heterocycles. The largest absolute Gasteiger partial charge is 0.493 e. The Balaban J connectivity index is 1.31. The van der Waals surface area contributed by atoms with Gasteiger partial charge in [0.2, 0.25) is 0 Å². The van der Waals surface area contributed by atoms with Crippen molar-refractivity contribution in [1.82, 2.24) is 5.32 Å². The Kier molecular flexibility index (Phi) is 9.49. The van der Waals surface area contributed by atoms with Crippen LogP contribution in [-0.2, 0) is 22.8 Å². The molecule has 0 radical (unpaired) electrons. The van der Waals surface area contributed by atoms with Gasteiger partial charge in [0.1, 0.15) is 24.5 Å². The first kappa shape index (κ1) is 30.3. The van der Waals surface area contributed by atoms with E-state index >= 15 is 0 Å². The number of anilines is 1. The first-order valence-corrected chi connectivity index (χ1v) is 14.8. The maximum atomic E-state index is 13.2. The summed E-state index contributed by atoms with van der Waals surface area (Å²) in [6.07, 6.45) is 1.40. The van der Waals surface area contributed by atoms with Crippen molar-refractivity contribution >= 4 is 73.1 Å². The van der Waals surface area contributed by atoms with Gasteiger partial charge in [-0.1, -0.05) is 54.1 Å². The molecule has 218 valence electrons. The van der Waals surface area contributed by atoms with Crippen LogP contribution in [0.15, 0.2) is 99.4 Å². The maximum absolute atomic E-state index is 13.2. The Hall–Kier alpha value is -4.12. The number of carbonyl (C=O) groups excluding carboxylic acids is 3. The van der Waals surface area contributed by atoms with E-state index in [0.717, 1.165) is 16.0 Å². The molecule has 0 unspecified atom stereocenters. The number of hydrogen-bond acceptors (Lipinski definition) is 6. The van der Waals surface area contributed by atoms with E-state index in [1.807, 2.05) is 48.5 Å². The van der Waals surface area contributed by atoms with Crippen molar-refractivity contribution in [2.75, 3.05) is 12.0 Å². The van der Waals surface area contributed by atoms with Gasteiger partial charge in [-0.3, -0.25) is 14.9 Å². The number of hydrogen-bond donors (Lipinski definition) is 1. The quantitative estimate of drug-likeness (QED) is 0.140. The van der Waals surface area contributed by atoms with Crippen LogP contribution in [0.3, 0.4) is 0 Å². The molecule has 1 aliphatic heterocycles. The van der Waals surface area contributed by atoms with Crippen molar-refractivity contribution in [3.63, 3.8) is 0 Å². The SMILES string of the molecule is COc1cc(COc2c(Br)cc(/C=C3\C(=O)NC(=O)N(c4cccc(Cl)c4)C3=O)cc2Br)ccc1OCc1ccccc1. The second kappa shape index (κ2) is 13.5. The normalized spacial score (nSPS) is 14.1. The summed E-state index contributed by atoms with van der Waals surface area (Å²) in [6.45, 7) is 0.641. The van der Waals surface area contributed by atoms with Crippen molar-refractivity contribution in [3.8, 4) is 17.2 Å². The minimum Gasteiger partial charge on any atom is -0.493 e. The van der Waals surface area contributed by atoms with Gasteiger partial charge in [-0.2, -0.15) is 0 Å². The summed E-state index contributed by atoms with van der Waals surface area (Å²) in [5.74, 6) is 0.144. The topological polar surface area (TPSA) is 94.2 Å². The molecule has 1 aliphatic rings. The molecule has 4 amide bonds. The highest BCUT2D eigenvalue weighted by atomic mass is 79.9. The first-order valence-electron chi connectivity index (χ1n) is 12.9. The minimum atomic E-state index is -0.854. The fraction of sp³-hybridized carbons (Fsp3) is 0.0938. The smallest absolute Gasteiger partial charge is 0.335 e. The molecule has 8 nitrogen and oxygen atoms in total. The summed E-state index contributed by atoms with van der Waals surface area (Å²) in [6, 6.07) is 24.2. The number of methoxy groups -OCH3 is 1. The highest BCUT2D eigenvalue weighted by Crippen LogP contribution is 2.37. The molecule has 1 heterocycles.